The van der Waals surface area contributed by atoms with Gasteiger partial charge < -0.3 is 10.5 Å². The van der Waals surface area contributed by atoms with E-state index < -0.39 is 0 Å². The number of benzene rings is 1. The standard InChI is InChI=1S/C15H25NO/c1-13(16)11-15(2,3)9-10-17-12-14-7-5-4-6-8-14/h4-8,13H,9-12,16H2,1-3H3. The van der Waals surface area contributed by atoms with Crippen molar-refractivity contribution in [2.75, 3.05) is 6.61 Å². The average molecular weight is 235 g/mol. The number of nitrogens with two attached hydrogens (primary N) is 1. The van der Waals surface area contributed by atoms with Crippen molar-refractivity contribution in [3.05, 3.63) is 35.9 Å². The topological polar surface area (TPSA) is 35.2 Å². The van der Waals surface area contributed by atoms with Crippen molar-refractivity contribution >= 4 is 0 Å². The minimum absolute atomic E-state index is 0.263. The van der Waals surface area contributed by atoms with E-state index in [0.29, 0.717) is 6.61 Å². The Hall–Kier alpha value is -0.860. The number of hydrogen-bond donors (Lipinski definition) is 1. The zero-order valence-electron chi connectivity index (χ0n) is 11.3. The molecule has 1 aromatic carbocycles. The van der Waals surface area contributed by atoms with E-state index in [1.807, 2.05) is 18.2 Å². The van der Waals surface area contributed by atoms with Gasteiger partial charge in [-0.05, 0) is 30.7 Å². The van der Waals surface area contributed by atoms with Gasteiger partial charge in [0, 0.05) is 12.6 Å². The summed E-state index contributed by atoms with van der Waals surface area (Å²) in [5, 5.41) is 0. The molecule has 1 rings (SSSR count). The second kappa shape index (κ2) is 6.77. The third kappa shape index (κ3) is 6.44. The molecule has 0 aliphatic heterocycles. The highest BCUT2D eigenvalue weighted by Crippen LogP contribution is 2.26. The van der Waals surface area contributed by atoms with Crippen molar-refractivity contribution in [2.45, 2.75) is 46.3 Å². The molecule has 0 amide bonds. The Morgan fingerprint density at radius 1 is 1.24 bits per heavy atom. The van der Waals surface area contributed by atoms with Crippen LogP contribution in [0.1, 0.15) is 39.2 Å². The molecule has 0 saturated heterocycles. The molecule has 0 aromatic heterocycles. The highest BCUT2D eigenvalue weighted by atomic mass is 16.5. The van der Waals surface area contributed by atoms with Crippen LogP contribution in [0.3, 0.4) is 0 Å². The van der Waals surface area contributed by atoms with Crippen molar-refractivity contribution in [2.24, 2.45) is 11.1 Å². The normalized spacial score (nSPS) is 13.6. The molecule has 1 unspecified atom stereocenters. The van der Waals surface area contributed by atoms with Gasteiger partial charge in [-0.15, -0.1) is 0 Å². The zero-order valence-corrected chi connectivity index (χ0v) is 11.3. The average Bonchev–Trinajstić information content (AvgIpc) is 2.24. The lowest BCUT2D eigenvalue weighted by atomic mass is 9.83. The molecule has 2 nitrogen and oxygen atoms in total. The second-order valence-corrected chi connectivity index (χ2v) is 5.63. The lowest BCUT2D eigenvalue weighted by molar-refractivity contribution is 0.0882. The summed E-state index contributed by atoms with van der Waals surface area (Å²) < 4.78 is 5.70. The predicted octanol–water partition coefficient (Wildman–Crippen LogP) is 3.36. The fourth-order valence-corrected chi connectivity index (χ4v) is 2.09. The van der Waals surface area contributed by atoms with Gasteiger partial charge in [-0.2, -0.15) is 0 Å². The van der Waals surface area contributed by atoms with Crippen molar-refractivity contribution < 1.29 is 4.74 Å². The largest absolute Gasteiger partial charge is 0.377 e. The van der Waals surface area contributed by atoms with Crippen LogP contribution in [0, 0.1) is 5.41 Å². The summed E-state index contributed by atoms with van der Waals surface area (Å²) in [6, 6.07) is 10.5. The van der Waals surface area contributed by atoms with Gasteiger partial charge in [0.15, 0.2) is 0 Å². The fraction of sp³-hybridized carbons (Fsp3) is 0.600. The Kier molecular flexibility index (Phi) is 5.66. The lowest BCUT2D eigenvalue weighted by Crippen LogP contribution is -2.26. The van der Waals surface area contributed by atoms with Crippen LogP contribution in [0.5, 0.6) is 0 Å². The Labute approximate surface area is 105 Å². The van der Waals surface area contributed by atoms with Crippen molar-refractivity contribution in [3.8, 4) is 0 Å². The molecule has 2 N–H and O–H groups in total. The van der Waals surface area contributed by atoms with Gasteiger partial charge in [0.05, 0.1) is 6.61 Å². The zero-order chi connectivity index (χ0) is 12.7. The van der Waals surface area contributed by atoms with Gasteiger partial charge in [-0.25, -0.2) is 0 Å². The number of rotatable bonds is 7. The SMILES string of the molecule is CC(N)CC(C)(C)CCOCc1ccccc1. The molecule has 1 atom stereocenters. The maximum atomic E-state index is 5.83. The predicted molar refractivity (Wildman–Crippen MR) is 72.8 cm³/mol. The quantitative estimate of drug-likeness (QED) is 0.735. The molecule has 17 heavy (non-hydrogen) atoms. The van der Waals surface area contributed by atoms with Crippen LogP contribution in [0.4, 0.5) is 0 Å². The molecule has 1 aromatic rings. The number of ether oxygens (including phenoxy) is 1. The van der Waals surface area contributed by atoms with Crippen LogP contribution < -0.4 is 5.73 Å². The van der Waals surface area contributed by atoms with Gasteiger partial charge >= 0.3 is 0 Å². The molecule has 0 aliphatic carbocycles. The first-order chi connectivity index (χ1) is 7.99. The van der Waals surface area contributed by atoms with E-state index in [9.17, 15) is 0 Å². The van der Waals surface area contributed by atoms with Gasteiger partial charge in [-0.1, -0.05) is 44.2 Å². The first-order valence-corrected chi connectivity index (χ1v) is 6.37. The van der Waals surface area contributed by atoms with E-state index in [1.54, 1.807) is 0 Å². The first kappa shape index (κ1) is 14.2. The van der Waals surface area contributed by atoms with E-state index in [2.05, 4.69) is 32.9 Å². The van der Waals surface area contributed by atoms with Crippen molar-refractivity contribution in [1.29, 1.82) is 0 Å². The summed E-state index contributed by atoms with van der Waals surface area (Å²) >= 11 is 0. The van der Waals surface area contributed by atoms with Gasteiger partial charge in [0.2, 0.25) is 0 Å². The number of hydrogen-bond acceptors (Lipinski definition) is 2. The summed E-state index contributed by atoms with van der Waals surface area (Å²) in [6.07, 6.45) is 2.10. The van der Waals surface area contributed by atoms with Crippen LogP contribution in [0.2, 0.25) is 0 Å². The second-order valence-electron chi connectivity index (χ2n) is 5.63. The highest BCUT2D eigenvalue weighted by molar-refractivity contribution is 5.13. The summed E-state index contributed by atoms with van der Waals surface area (Å²) in [6.45, 7) is 8.07. The molecule has 0 aliphatic rings. The third-order valence-corrected chi connectivity index (χ3v) is 2.91. The molecule has 0 radical (unpaired) electrons. The Morgan fingerprint density at radius 2 is 1.88 bits per heavy atom. The Morgan fingerprint density at radius 3 is 2.47 bits per heavy atom. The van der Waals surface area contributed by atoms with Gasteiger partial charge in [-0.3, -0.25) is 0 Å². The molecule has 96 valence electrons. The minimum atomic E-state index is 0.263. The molecule has 0 bridgehead atoms. The monoisotopic (exact) mass is 235 g/mol. The third-order valence-electron chi connectivity index (χ3n) is 2.91. The van der Waals surface area contributed by atoms with E-state index >= 15 is 0 Å². The van der Waals surface area contributed by atoms with E-state index in [4.69, 9.17) is 10.5 Å². The smallest absolute Gasteiger partial charge is 0.0716 e. The van der Waals surface area contributed by atoms with Crippen LogP contribution in [-0.4, -0.2) is 12.6 Å². The van der Waals surface area contributed by atoms with Crippen molar-refractivity contribution in [3.63, 3.8) is 0 Å². The van der Waals surface area contributed by atoms with Gasteiger partial charge in [0.1, 0.15) is 0 Å². The van der Waals surface area contributed by atoms with Crippen LogP contribution in [-0.2, 0) is 11.3 Å². The van der Waals surface area contributed by atoms with Crippen molar-refractivity contribution in [1.82, 2.24) is 0 Å². The minimum Gasteiger partial charge on any atom is -0.377 e. The molecule has 0 heterocycles. The summed E-state index contributed by atoms with van der Waals surface area (Å²) in [7, 11) is 0. The van der Waals surface area contributed by atoms with Crippen LogP contribution >= 0.6 is 0 Å². The lowest BCUT2D eigenvalue weighted by Gasteiger charge is -2.26. The molecule has 2 heteroatoms. The molecule has 0 spiro atoms. The van der Waals surface area contributed by atoms with E-state index in [-0.39, 0.29) is 11.5 Å². The first-order valence-electron chi connectivity index (χ1n) is 6.37. The summed E-state index contributed by atoms with van der Waals surface area (Å²) in [4.78, 5) is 0. The van der Waals surface area contributed by atoms with Crippen LogP contribution in [0.25, 0.3) is 0 Å². The summed E-state index contributed by atoms with van der Waals surface area (Å²) in [5.41, 5.74) is 7.34. The fourth-order valence-electron chi connectivity index (χ4n) is 2.09. The van der Waals surface area contributed by atoms with E-state index in [1.165, 1.54) is 5.56 Å². The van der Waals surface area contributed by atoms with Crippen LogP contribution in [0.15, 0.2) is 30.3 Å². The maximum Gasteiger partial charge on any atom is 0.0716 e. The molecule has 0 fully saturated rings. The maximum absolute atomic E-state index is 5.83. The highest BCUT2D eigenvalue weighted by Gasteiger charge is 2.19. The van der Waals surface area contributed by atoms with E-state index in [0.717, 1.165) is 19.4 Å². The molecule has 0 saturated carbocycles. The van der Waals surface area contributed by atoms with Gasteiger partial charge in [0.25, 0.3) is 0 Å². The Balaban J connectivity index is 2.20. The summed E-state index contributed by atoms with van der Waals surface area (Å²) in [5.74, 6) is 0. The Bertz CT molecular complexity index is 306. The molecular weight excluding hydrogens is 210 g/mol. The molecular formula is C15H25NO.